The number of hydrogen-bond donors (Lipinski definition) is 2. The Morgan fingerprint density at radius 2 is 2.08 bits per heavy atom. The summed E-state index contributed by atoms with van der Waals surface area (Å²) in [6.45, 7) is 3.60. The highest BCUT2D eigenvalue weighted by Gasteiger charge is 2.13. The molecule has 2 aromatic heterocycles. The summed E-state index contributed by atoms with van der Waals surface area (Å²) < 4.78 is 6.02. The van der Waals surface area contributed by atoms with Crippen molar-refractivity contribution in [1.82, 2.24) is 10.3 Å². The molecule has 3 aromatic rings. The van der Waals surface area contributed by atoms with Crippen molar-refractivity contribution >= 4 is 67.2 Å². The van der Waals surface area contributed by atoms with Gasteiger partial charge in [0.15, 0.2) is 10.2 Å². The molecule has 1 amide bonds. The van der Waals surface area contributed by atoms with Gasteiger partial charge in [0.05, 0.1) is 26.8 Å². The van der Waals surface area contributed by atoms with Crippen LogP contribution < -0.4 is 10.6 Å². The number of esters is 1. The Kier molecular flexibility index (Phi) is 5.60. The maximum absolute atomic E-state index is 12.0. The molecule has 9 heteroatoms. The molecule has 0 bridgehead atoms. The number of rotatable bonds is 4. The van der Waals surface area contributed by atoms with Crippen molar-refractivity contribution < 1.29 is 14.3 Å². The topological polar surface area (TPSA) is 80.3 Å². The molecule has 134 valence electrons. The monoisotopic (exact) mass is 405 g/mol. The lowest BCUT2D eigenvalue weighted by Gasteiger charge is -2.07. The Hall–Kier alpha value is -2.36. The number of anilines is 1. The van der Waals surface area contributed by atoms with Crippen molar-refractivity contribution in [3.8, 4) is 0 Å². The number of carbonyl (C=O) groups excluding carboxylic acids is 2. The zero-order valence-corrected chi connectivity index (χ0v) is 16.4. The van der Waals surface area contributed by atoms with Crippen LogP contribution in [0.1, 0.15) is 33.9 Å². The van der Waals surface area contributed by atoms with Gasteiger partial charge in [0.2, 0.25) is 0 Å². The second kappa shape index (κ2) is 7.90. The van der Waals surface area contributed by atoms with Gasteiger partial charge < -0.3 is 10.1 Å². The van der Waals surface area contributed by atoms with Gasteiger partial charge in [0, 0.05) is 0 Å². The summed E-state index contributed by atoms with van der Waals surface area (Å²) in [5, 5.41) is 8.03. The molecule has 2 heterocycles. The number of ether oxygens (including phenoxy) is 1. The van der Waals surface area contributed by atoms with Crippen LogP contribution in [0.4, 0.5) is 5.13 Å². The summed E-state index contributed by atoms with van der Waals surface area (Å²) in [4.78, 5) is 29.0. The van der Waals surface area contributed by atoms with Crippen molar-refractivity contribution in [3.63, 3.8) is 0 Å². The normalized spacial score (nSPS) is 10.7. The van der Waals surface area contributed by atoms with E-state index in [1.807, 2.05) is 5.38 Å². The molecule has 2 N–H and O–H groups in total. The third kappa shape index (κ3) is 4.43. The summed E-state index contributed by atoms with van der Waals surface area (Å²) in [6, 6.07) is 8.67. The van der Waals surface area contributed by atoms with Gasteiger partial charge in [-0.05, 0) is 55.7 Å². The quantitative estimate of drug-likeness (QED) is 0.503. The number of amides is 1. The molecule has 0 atom stereocenters. The highest BCUT2D eigenvalue weighted by Crippen LogP contribution is 2.27. The smallest absolute Gasteiger partial charge is 0.338 e. The number of thiocarbonyl (C=S) groups is 1. The van der Waals surface area contributed by atoms with Gasteiger partial charge in [-0.25, -0.2) is 9.78 Å². The molecule has 0 unspecified atom stereocenters. The van der Waals surface area contributed by atoms with Crippen LogP contribution in [-0.2, 0) is 4.74 Å². The van der Waals surface area contributed by atoms with Gasteiger partial charge >= 0.3 is 5.97 Å². The first kappa shape index (κ1) is 18.4. The Labute approximate surface area is 163 Å². The molecular weight excluding hydrogens is 390 g/mol. The van der Waals surface area contributed by atoms with Crippen molar-refractivity contribution in [2.24, 2.45) is 0 Å². The van der Waals surface area contributed by atoms with Crippen LogP contribution in [0.3, 0.4) is 0 Å². The molecule has 0 spiro atoms. The van der Waals surface area contributed by atoms with Gasteiger partial charge in [-0.15, -0.1) is 11.3 Å². The first-order valence-corrected chi connectivity index (χ1v) is 9.80. The molecule has 0 saturated carbocycles. The van der Waals surface area contributed by atoms with Crippen molar-refractivity contribution in [1.29, 1.82) is 0 Å². The minimum absolute atomic E-state index is 0.168. The largest absolute Gasteiger partial charge is 0.459 e. The molecule has 26 heavy (non-hydrogen) atoms. The van der Waals surface area contributed by atoms with Crippen LogP contribution in [0.2, 0.25) is 0 Å². The highest BCUT2D eigenvalue weighted by molar-refractivity contribution is 7.80. The summed E-state index contributed by atoms with van der Waals surface area (Å²) >= 11 is 7.83. The summed E-state index contributed by atoms with van der Waals surface area (Å²) in [6.07, 6.45) is -0.179. The van der Waals surface area contributed by atoms with Gasteiger partial charge in [0.1, 0.15) is 0 Å². The molecule has 3 rings (SSSR count). The number of nitrogens with zero attached hydrogens (tertiary/aromatic N) is 1. The Morgan fingerprint density at radius 1 is 1.27 bits per heavy atom. The zero-order chi connectivity index (χ0) is 18.7. The lowest BCUT2D eigenvalue weighted by atomic mass is 10.2. The third-order valence-electron chi connectivity index (χ3n) is 3.16. The van der Waals surface area contributed by atoms with Crippen LogP contribution >= 0.6 is 34.9 Å². The van der Waals surface area contributed by atoms with E-state index in [2.05, 4.69) is 15.6 Å². The number of fused-ring (bicyclic) bond motifs is 1. The SMILES string of the molecule is CC(C)OC(=O)c1ccc2nc(NC(=S)NC(=O)c3cccs3)sc2c1. The van der Waals surface area contributed by atoms with E-state index in [1.165, 1.54) is 22.7 Å². The van der Waals surface area contributed by atoms with Crippen LogP contribution in [0.25, 0.3) is 10.2 Å². The number of aromatic nitrogens is 1. The van der Waals surface area contributed by atoms with Crippen molar-refractivity contribution in [2.45, 2.75) is 20.0 Å². The number of thiophene rings is 1. The lowest BCUT2D eigenvalue weighted by Crippen LogP contribution is -2.33. The van der Waals surface area contributed by atoms with Gasteiger partial charge in [-0.2, -0.15) is 0 Å². The Balaban J connectivity index is 1.69. The number of thiazole rings is 1. The molecule has 0 aliphatic rings. The van der Waals surface area contributed by atoms with E-state index in [-0.39, 0.29) is 23.1 Å². The fourth-order valence-corrected chi connectivity index (χ4v) is 3.87. The second-order valence-corrected chi connectivity index (χ2v) is 7.93. The van der Waals surface area contributed by atoms with E-state index in [9.17, 15) is 9.59 Å². The molecule has 1 aromatic carbocycles. The molecule has 6 nitrogen and oxygen atoms in total. The molecular formula is C17H15N3O3S3. The first-order valence-electron chi connectivity index (χ1n) is 7.70. The average molecular weight is 406 g/mol. The van der Waals surface area contributed by atoms with Gasteiger partial charge in [-0.1, -0.05) is 17.4 Å². The van der Waals surface area contributed by atoms with E-state index < -0.39 is 0 Å². The molecule has 0 fully saturated rings. The maximum Gasteiger partial charge on any atom is 0.338 e. The molecule has 0 aliphatic carbocycles. The standard InChI is InChI=1S/C17H15N3O3S3/c1-9(2)23-15(22)10-5-6-11-13(8-10)26-17(18-11)20-16(24)19-14(21)12-4-3-7-25-12/h3-9H,1-2H3,(H2,18,19,20,21,24). The van der Waals surface area contributed by atoms with Crippen molar-refractivity contribution in [2.75, 3.05) is 5.32 Å². The van der Waals surface area contributed by atoms with Crippen LogP contribution in [0.5, 0.6) is 0 Å². The van der Waals surface area contributed by atoms with E-state index >= 15 is 0 Å². The summed E-state index contributed by atoms with van der Waals surface area (Å²) in [5.74, 6) is -0.638. The van der Waals surface area contributed by atoms with Crippen LogP contribution in [0, 0.1) is 0 Å². The molecule has 0 saturated heterocycles. The molecule has 0 radical (unpaired) electrons. The minimum atomic E-state index is -0.372. The number of carbonyl (C=O) groups is 2. The average Bonchev–Trinajstić information content (AvgIpc) is 3.22. The van der Waals surface area contributed by atoms with Gasteiger partial charge in [0.25, 0.3) is 5.91 Å². The fraction of sp³-hybridized carbons (Fsp3) is 0.176. The van der Waals surface area contributed by atoms with Crippen LogP contribution in [-0.4, -0.2) is 28.1 Å². The summed E-state index contributed by atoms with van der Waals surface area (Å²) in [5.41, 5.74) is 1.20. The van der Waals surface area contributed by atoms with Crippen LogP contribution in [0.15, 0.2) is 35.7 Å². The third-order valence-corrected chi connectivity index (χ3v) is 5.17. The number of nitrogens with one attached hydrogen (secondary N) is 2. The first-order chi connectivity index (χ1) is 12.4. The van der Waals surface area contributed by atoms with E-state index in [0.717, 1.165) is 10.2 Å². The number of hydrogen-bond acceptors (Lipinski definition) is 7. The van der Waals surface area contributed by atoms with Gasteiger partial charge in [-0.3, -0.25) is 10.1 Å². The van der Waals surface area contributed by atoms with E-state index in [4.69, 9.17) is 17.0 Å². The zero-order valence-electron chi connectivity index (χ0n) is 13.9. The Bertz CT molecular complexity index is 964. The summed E-state index contributed by atoms with van der Waals surface area (Å²) in [7, 11) is 0. The Morgan fingerprint density at radius 3 is 2.77 bits per heavy atom. The lowest BCUT2D eigenvalue weighted by molar-refractivity contribution is 0.0378. The highest BCUT2D eigenvalue weighted by atomic mass is 32.1. The second-order valence-electron chi connectivity index (χ2n) is 5.54. The fourth-order valence-electron chi connectivity index (χ4n) is 2.09. The van der Waals surface area contributed by atoms with Crippen molar-refractivity contribution in [3.05, 3.63) is 46.2 Å². The molecule has 0 aliphatic heterocycles. The van der Waals surface area contributed by atoms with E-state index in [0.29, 0.717) is 15.6 Å². The minimum Gasteiger partial charge on any atom is -0.459 e. The predicted molar refractivity (Wildman–Crippen MR) is 108 cm³/mol. The predicted octanol–water partition coefficient (Wildman–Crippen LogP) is 4.05. The van der Waals surface area contributed by atoms with E-state index in [1.54, 1.807) is 44.2 Å². The number of benzene rings is 1. The maximum atomic E-state index is 12.0.